The van der Waals surface area contributed by atoms with Crippen molar-refractivity contribution in [1.82, 2.24) is 25.4 Å². The largest absolute Gasteiger partial charge is 0.356 e. The van der Waals surface area contributed by atoms with Crippen molar-refractivity contribution in [3.8, 4) is 0 Å². The second kappa shape index (κ2) is 9.87. The Labute approximate surface area is 166 Å². The smallest absolute Gasteiger partial charge is 0.227 e. The van der Waals surface area contributed by atoms with Crippen molar-refractivity contribution in [3.05, 3.63) is 40.8 Å². The number of nitrogens with zero attached hydrogens (tertiary/aromatic N) is 4. The van der Waals surface area contributed by atoms with Crippen LogP contribution >= 0.6 is 0 Å². The Bertz CT molecular complexity index is 841. The molecule has 2 rings (SSSR count). The summed E-state index contributed by atoms with van der Waals surface area (Å²) in [5.41, 5.74) is 4.35. The van der Waals surface area contributed by atoms with Crippen molar-refractivity contribution in [1.29, 1.82) is 0 Å². The quantitative estimate of drug-likeness (QED) is 0.499. The maximum Gasteiger partial charge on any atom is 0.227 e. The number of aryl methyl sites for hydroxylation is 3. The van der Waals surface area contributed by atoms with E-state index in [0.717, 1.165) is 17.8 Å². The molecule has 0 fully saturated rings. The van der Waals surface area contributed by atoms with Gasteiger partial charge in [0.05, 0.1) is 5.69 Å². The van der Waals surface area contributed by atoms with E-state index in [9.17, 15) is 4.79 Å². The molecule has 1 unspecified atom stereocenters. The molecule has 0 aromatic carbocycles. The van der Waals surface area contributed by atoms with Crippen LogP contribution in [0.3, 0.4) is 0 Å². The monoisotopic (exact) mass is 385 g/mol. The SMILES string of the molecule is CN=C(NCCC(=O)Nc1cccc(C)n1)NC(C)Cc1c(C)nn(C)c1C. The highest BCUT2D eigenvalue weighted by Crippen LogP contribution is 2.14. The minimum atomic E-state index is -0.0873. The molecule has 0 saturated heterocycles. The van der Waals surface area contributed by atoms with E-state index in [0.29, 0.717) is 24.7 Å². The number of carbonyl (C=O) groups excluding carboxylic acids is 1. The summed E-state index contributed by atoms with van der Waals surface area (Å²) in [6.07, 6.45) is 1.18. The number of pyridine rings is 1. The van der Waals surface area contributed by atoms with Crippen LogP contribution in [0.4, 0.5) is 5.82 Å². The fourth-order valence-electron chi connectivity index (χ4n) is 3.01. The minimum Gasteiger partial charge on any atom is -0.356 e. The first-order valence-corrected chi connectivity index (χ1v) is 9.50. The Morgan fingerprint density at radius 2 is 2.04 bits per heavy atom. The van der Waals surface area contributed by atoms with Crippen LogP contribution in [-0.4, -0.2) is 46.3 Å². The van der Waals surface area contributed by atoms with Gasteiger partial charge in [-0.05, 0) is 51.8 Å². The van der Waals surface area contributed by atoms with Crippen molar-refractivity contribution >= 4 is 17.7 Å². The van der Waals surface area contributed by atoms with Gasteiger partial charge in [-0.2, -0.15) is 5.10 Å². The van der Waals surface area contributed by atoms with Crippen molar-refractivity contribution in [2.24, 2.45) is 12.0 Å². The standard InChI is InChI=1S/C20H31N7O/c1-13-8-7-9-18(23-13)25-19(28)10-11-22-20(21-5)24-14(2)12-17-15(3)26-27(6)16(17)4/h7-9,14H,10-12H2,1-6H3,(H2,21,22,24)(H,23,25,28). The molecule has 3 N–H and O–H groups in total. The highest BCUT2D eigenvalue weighted by atomic mass is 16.1. The number of aromatic nitrogens is 3. The van der Waals surface area contributed by atoms with Crippen LogP contribution < -0.4 is 16.0 Å². The Balaban J connectivity index is 1.78. The van der Waals surface area contributed by atoms with Crippen LogP contribution in [0, 0.1) is 20.8 Å². The third-order valence-electron chi connectivity index (χ3n) is 4.58. The van der Waals surface area contributed by atoms with E-state index in [1.165, 1.54) is 11.3 Å². The average Bonchev–Trinajstić information content (AvgIpc) is 2.87. The van der Waals surface area contributed by atoms with Gasteiger partial charge in [0, 0.05) is 44.5 Å². The first-order chi connectivity index (χ1) is 13.3. The highest BCUT2D eigenvalue weighted by molar-refractivity contribution is 5.90. The van der Waals surface area contributed by atoms with Gasteiger partial charge in [-0.1, -0.05) is 6.07 Å². The van der Waals surface area contributed by atoms with Crippen LogP contribution in [0.15, 0.2) is 23.2 Å². The molecular formula is C20H31N7O. The van der Waals surface area contributed by atoms with Crippen molar-refractivity contribution < 1.29 is 4.79 Å². The van der Waals surface area contributed by atoms with E-state index in [-0.39, 0.29) is 11.9 Å². The summed E-state index contributed by atoms with van der Waals surface area (Å²) in [4.78, 5) is 20.6. The third kappa shape index (κ3) is 6.07. The van der Waals surface area contributed by atoms with Crippen molar-refractivity contribution in [2.75, 3.05) is 18.9 Å². The molecule has 0 aliphatic rings. The average molecular weight is 386 g/mol. The predicted octanol–water partition coefficient (Wildman–Crippen LogP) is 1.87. The summed E-state index contributed by atoms with van der Waals surface area (Å²) in [6, 6.07) is 5.72. The lowest BCUT2D eigenvalue weighted by molar-refractivity contribution is -0.116. The van der Waals surface area contributed by atoms with E-state index in [2.05, 4.69) is 44.9 Å². The van der Waals surface area contributed by atoms with Crippen molar-refractivity contribution in [2.45, 2.75) is 46.6 Å². The fraction of sp³-hybridized carbons (Fsp3) is 0.500. The molecule has 0 saturated carbocycles. The van der Waals surface area contributed by atoms with E-state index < -0.39 is 0 Å². The van der Waals surface area contributed by atoms with Gasteiger partial charge >= 0.3 is 0 Å². The lowest BCUT2D eigenvalue weighted by atomic mass is 10.1. The fourth-order valence-corrected chi connectivity index (χ4v) is 3.01. The van der Waals surface area contributed by atoms with Gasteiger partial charge in [-0.25, -0.2) is 4.98 Å². The number of hydrogen-bond donors (Lipinski definition) is 3. The molecule has 8 nitrogen and oxygen atoms in total. The normalized spacial score (nSPS) is 12.6. The van der Waals surface area contributed by atoms with Gasteiger partial charge in [0.1, 0.15) is 5.82 Å². The number of rotatable bonds is 7. The van der Waals surface area contributed by atoms with E-state index in [1.807, 2.05) is 37.7 Å². The van der Waals surface area contributed by atoms with Gasteiger partial charge in [-0.3, -0.25) is 14.5 Å². The summed E-state index contributed by atoms with van der Waals surface area (Å²) in [6.45, 7) is 8.59. The van der Waals surface area contributed by atoms with Gasteiger partial charge in [0.15, 0.2) is 5.96 Å². The van der Waals surface area contributed by atoms with E-state index >= 15 is 0 Å². The number of hydrogen-bond acceptors (Lipinski definition) is 4. The molecule has 1 atom stereocenters. The molecule has 0 bridgehead atoms. The lowest BCUT2D eigenvalue weighted by Crippen LogP contribution is -2.44. The topological polar surface area (TPSA) is 96.2 Å². The van der Waals surface area contributed by atoms with E-state index in [1.54, 1.807) is 13.1 Å². The first-order valence-electron chi connectivity index (χ1n) is 9.50. The van der Waals surface area contributed by atoms with Gasteiger partial charge in [0.25, 0.3) is 0 Å². The molecule has 0 spiro atoms. The van der Waals surface area contributed by atoms with Crippen LogP contribution in [0.5, 0.6) is 0 Å². The molecule has 28 heavy (non-hydrogen) atoms. The highest BCUT2D eigenvalue weighted by Gasteiger charge is 2.14. The van der Waals surface area contributed by atoms with Crippen LogP contribution in [-0.2, 0) is 18.3 Å². The molecular weight excluding hydrogens is 354 g/mol. The Hall–Kier alpha value is -2.90. The summed E-state index contributed by atoms with van der Waals surface area (Å²) >= 11 is 0. The summed E-state index contributed by atoms with van der Waals surface area (Å²) in [5.74, 6) is 1.16. The van der Waals surface area contributed by atoms with Crippen LogP contribution in [0.1, 0.15) is 36.0 Å². The van der Waals surface area contributed by atoms with E-state index in [4.69, 9.17) is 0 Å². The molecule has 0 radical (unpaired) electrons. The first kappa shape index (κ1) is 21.4. The number of carbonyl (C=O) groups is 1. The molecule has 2 aromatic rings. The number of aliphatic imine (C=N–C) groups is 1. The van der Waals surface area contributed by atoms with Crippen molar-refractivity contribution in [3.63, 3.8) is 0 Å². The number of anilines is 1. The minimum absolute atomic E-state index is 0.0873. The van der Waals surface area contributed by atoms with Gasteiger partial charge in [0.2, 0.25) is 5.91 Å². The maximum absolute atomic E-state index is 12.1. The molecule has 0 aliphatic carbocycles. The number of nitrogens with one attached hydrogen (secondary N) is 3. The van der Waals surface area contributed by atoms with Crippen LogP contribution in [0.25, 0.3) is 0 Å². The zero-order valence-electron chi connectivity index (χ0n) is 17.6. The zero-order valence-corrected chi connectivity index (χ0v) is 17.6. The van der Waals surface area contributed by atoms with Gasteiger partial charge < -0.3 is 16.0 Å². The predicted molar refractivity (Wildman–Crippen MR) is 113 cm³/mol. The second-order valence-electron chi connectivity index (χ2n) is 6.98. The Morgan fingerprint density at radius 1 is 1.29 bits per heavy atom. The number of amides is 1. The van der Waals surface area contributed by atoms with Gasteiger partial charge in [-0.15, -0.1) is 0 Å². The zero-order chi connectivity index (χ0) is 20.7. The molecule has 1 amide bonds. The summed E-state index contributed by atoms with van der Waals surface area (Å²) in [7, 11) is 3.68. The lowest BCUT2D eigenvalue weighted by Gasteiger charge is -2.18. The maximum atomic E-state index is 12.1. The molecule has 2 aromatic heterocycles. The molecule has 2 heterocycles. The molecule has 152 valence electrons. The summed E-state index contributed by atoms with van der Waals surface area (Å²) < 4.78 is 1.91. The Kier molecular flexibility index (Phi) is 7.54. The summed E-state index contributed by atoms with van der Waals surface area (Å²) in [5, 5.41) is 13.8. The third-order valence-corrected chi connectivity index (χ3v) is 4.58. The second-order valence-corrected chi connectivity index (χ2v) is 6.98. The molecule has 0 aliphatic heterocycles. The number of guanidine groups is 1. The Morgan fingerprint density at radius 3 is 2.64 bits per heavy atom. The van der Waals surface area contributed by atoms with Crippen LogP contribution in [0.2, 0.25) is 0 Å². The molecule has 8 heteroatoms.